The van der Waals surface area contributed by atoms with Crippen LogP contribution in [0, 0.1) is 5.92 Å². The van der Waals surface area contributed by atoms with Crippen molar-refractivity contribution in [3.05, 3.63) is 29.8 Å². The van der Waals surface area contributed by atoms with Crippen molar-refractivity contribution >= 4 is 39.8 Å². The molecule has 0 amide bonds. The van der Waals surface area contributed by atoms with E-state index >= 15 is 0 Å². The second-order valence-electron chi connectivity index (χ2n) is 5.52. The van der Waals surface area contributed by atoms with Crippen LogP contribution in [-0.4, -0.2) is 33.7 Å². The fourth-order valence-electron chi connectivity index (χ4n) is 1.62. The van der Waals surface area contributed by atoms with E-state index in [2.05, 4.69) is 36.4 Å². The van der Waals surface area contributed by atoms with E-state index in [9.17, 15) is 8.42 Å². The second kappa shape index (κ2) is 9.34. The van der Waals surface area contributed by atoms with E-state index < -0.39 is 9.84 Å². The molecule has 0 aromatic heterocycles. The van der Waals surface area contributed by atoms with Gasteiger partial charge in [0, 0.05) is 25.9 Å². The number of nitrogens with zero attached hydrogens (tertiary/aromatic N) is 1. The lowest BCUT2D eigenvalue weighted by atomic mass is 10.1. The van der Waals surface area contributed by atoms with Gasteiger partial charge in [-0.25, -0.2) is 8.42 Å². The minimum absolute atomic E-state index is 0. The normalized spacial score (nSPS) is 13.5. The van der Waals surface area contributed by atoms with Crippen LogP contribution in [0.1, 0.15) is 26.3 Å². The summed E-state index contributed by atoms with van der Waals surface area (Å²) in [5, 5.41) is 6.53. The molecule has 5 nitrogen and oxygen atoms in total. The molecule has 0 saturated carbocycles. The van der Waals surface area contributed by atoms with E-state index in [1.54, 1.807) is 19.2 Å². The van der Waals surface area contributed by atoms with Gasteiger partial charge in [0.05, 0.1) is 4.90 Å². The maximum Gasteiger partial charge on any atom is 0.191 e. The first-order valence-corrected chi connectivity index (χ1v) is 8.89. The molecule has 2 N–H and O–H groups in total. The first-order valence-electron chi connectivity index (χ1n) is 7.00. The smallest absolute Gasteiger partial charge is 0.191 e. The van der Waals surface area contributed by atoms with Gasteiger partial charge >= 0.3 is 0 Å². The Balaban J connectivity index is 0.00000441. The van der Waals surface area contributed by atoms with Gasteiger partial charge in [0.15, 0.2) is 15.8 Å². The summed E-state index contributed by atoms with van der Waals surface area (Å²) in [4.78, 5) is 4.52. The summed E-state index contributed by atoms with van der Waals surface area (Å²) in [5.74, 6) is 1.25. The molecule has 0 aliphatic carbocycles. The molecular formula is C15H26IN3O2S. The number of guanidine groups is 1. The van der Waals surface area contributed by atoms with Crippen LogP contribution >= 0.6 is 24.0 Å². The van der Waals surface area contributed by atoms with Crippen molar-refractivity contribution < 1.29 is 8.42 Å². The van der Waals surface area contributed by atoms with Gasteiger partial charge in [-0.2, -0.15) is 0 Å². The molecule has 1 unspecified atom stereocenters. The van der Waals surface area contributed by atoms with Crippen LogP contribution in [0.2, 0.25) is 0 Å². The number of hydrogen-bond donors (Lipinski definition) is 2. The molecule has 0 heterocycles. The molecule has 0 aliphatic heterocycles. The molecule has 1 atom stereocenters. The van der Waals surface area contributed by atoms with Crippen LogP contribution in [0.25, 0.3) is 0 Å². The predicted molar refractivity (Wildman–Crippen MR) is 103 cm³/mol. The molecule has 0 bridgehead atoms. The molecule has 0 saturated heterocycles. The van der Waals surface area contributed by atoms with Crippen molar-refractivity contribution in [3.8, 4) is 0 Å². The largest absolute Gasteiger partial charge is 0.354 e. The number of nitrogens with one attached hydrogen (secondary N) is 2. The molecule has 1 aromatic rings. The lowest BCUT2D eigenvalue weighted by Gasteiger charge is -2.20. The highest BCUT2D eigenvalue weighted by atomic mass is 127. The molecule has 7 heteroatoms. The zero-order valence-corrected chi connectivity index (χ0v) is 16.9. The molecule has 22 heavy (non-hydrogen) atoms. The Morgan fingerprint density at radius 3 is 2.14 bits per heavy atom. The van der Waals surface area contributed by atoms with E-state index in [1.165, 1.54) is 6.26 Å². The Kier molecular flexibility index (Phi) is 8.99. The van der Waals surface area contributed by atoms with Crippen LogP contribution < -0.4 is 10.6 Å². The average Bonchev–Trinajstić information content (AvgIpc) is 2.42. The number of benzene rings is 1. The summed E-state index contributed by atoms with van der Waals surface area (Å²) in [7, 11) is -1.41. The summed E-state index contributed by atoms with van der Waals surface area (Å²) in [6.45, 7) is 7.00. The van der Waals surface area contributed by atoms with Crippen molar-refractivity contribution in [2.45, 2.75) is 38.3 Å². The first kappa shape index (κ1) is 21.2. The van der Waals surface area contributed by atoms with Crippen molar-refractivity contribution in [1.82, 2.24) is 10.6 Å². The number of sulfone groups is 1. The van der Waals surface area contributed by atoms with Crippen molar-refractivity contribution in [2.75, 3.05) is 13.3 Å². The van der Waals surface area contributed by atoms with Crippen LogP contribution in [0.3, 0.4) is 0 Å². The van der Waals surface area contributed by atoms with Gasteiger partial charge in [-0.3, -0.25) is 4.99 Å². The molecule has 0 spiro atoms. The molecule has 126 valence electrons. The van der Waals surface area contributed by atoms with E-state index in [-0.39, 0.29) is 24.0 Å². The Hall–Kier alpha value is -0.830. The van der Waals surface area contributed by atoms with Gasteiger partial charge in [0.25, 0.3) is 0 Å². The third-order valence-corrected chi connectivity index (χ3v) is 4.53. The van der Waals surface area contributed by atoms with Crippen LogP contribution in [0.4, 0.5) is 0 Å². The van der Waals surface area contributed by atoms with Crippen molar-refractivity contribution in [2.24, 2.45) is 10.9 Å². The van der Waals surface area contributed by atoms with E-state index in [0.29, 0.717) is 23.4 Å². The molecular weight excluding hydrogens is 413 g/mol. The zero-order chi connectivity index (χ0) is 16.0. The summed E-state index contributed by atoms with van der Waals surface area (Å²) < 4.78 is 22.8. The zero-order valence-electron chi connectivity index (χ0n) is 13.8. The molecule has 0 radical (unpaired) electrons. The lowest BCUT2D eigenvalue weighted by molar-refractivity contribution is 0.481. The standard InChI is InChI=1S/C15H25N3O2S.HI/c1-11(2)12(3)18-15(16-4)17-10-13-6-8-14(9-7-13)21(5,19)20;/h6-9,11-12H,10H2,1-5H3,(H2,16,17,18);1H. The van der Waals surface area contributed by atoms with E-state index in [1.807, 2.05) is 12.1 Å². The predicted octanol–water partition coefficient (Wildman–Crippen LogP) is 2.42. The summed E-state index contributed by atoms with van der Waals surface area (Å²) in [5.41, 5.74) is 1.00. The molecule has 1 aromatic carbocycles. The fraction of sp³-hybridized carbons (Fsp3) is 0.533. The highest BCUT2D eigenvalue weighted by Crippen LogP contribution is 2.10. The van der Waals surface area contributed by atoms with Gasteiger partial charge in [-0.15, -0.1) is 24.0 Å². The Bertz CT molecular complexity index is 583. The molecule has 0 aliphatic rings. The minimum atomic E-state index is -3.14. The Morgan fingerprint density at radius 2 is 1.73 bits per heavy atom. The van der Waals surface area contributed by atoms with Gasteiger partial charge < -0.3 is 10.6 Å². The van der Waals surface area contributed by atoms with Crippen LogP contribution in [-0.2, 0) is 16.4 Å². The van der Waals surface area contributed by atoms with E-state index in [4.69, 9.17) is 0 Å². The third-order valence-electron chi connectivity index (χ3n) is 3.40. The summed E-state index contributed by atoms with van der Waals surface area (Å²) in [6, 6.07) is 7.19. The van der Waals surface area contributed by atoms with Crippen molar-refractivity contribution in [1.29, 1.82) is 0 Å². The summed E-state index contributed by atoms with van der Waals surface area (Å²) >= 11 is 0. The van der Waals surface area contributed by atoms with E-state index in [0.717, 1.165) is 11.5 Å². The quantitative estimate of drug-likeness (QED) is 0.420. The number of aliphatic imine (C=N–C) groups is 1. The maximum atomic E-state index is 11.4. The second-order valence-corrected chi connectivity index (χ2v) is 7.53. The maximum absolute atomic E-state index is 11.4. The number of halogens is 1. The highest BCUT2D eigenvalue weighted by Gasteiger charge is 2.09. The summed E-state index contributed by atoms with van der Waals surface area (Å²) in [6.07, 6.45) is 1.21. The topological polar surface area (TPSA) is 70.6 Å². The van der Waals surface area contributed by atoms with Crippen molar-refractivity contribution in [3.63, 3.8) is 0 Å². The molecule has 0 fully saturated rings. The number of hydrogen-bond acceptors (Lipinski definition) is 3. The fourth-order valence-corrected chi connectivity index (χ4v) is 2.25. The minimum Gasteiger partial charge on any atom is -0.354 e. The average molecular weight is 439 g/mol. The highest BCUT2D eigenvalue weighted by molar-refractivity contribution is 14.0. The SMILES string of the molecule is CN=C(NCc1ccc(S(C)(=O)=O)cc1)NC(C)C(C)C.I. The monoisotopic (exact) mass is 439 g/mol. The lowest BCUT2D eigenvalue weighted by Crippen LogP contribution is -2.43. The van der Waals surface area contributed by atoms with Crippen LogP contribution in [0.5, 0.6) is 0 Å². The molecule has 1 rings (SSSR count). The third kappa shape index (κ3) is 6.95. The number of rotatable bonds is 5. The van der Waals surface area contributed by atoms with Crippen LogP contribution in [0.15, 0.2) is 34.2 Å². The van der Waals surface area contributed by atoms with Gasteiger partial charge in [-0.05, 0) is 30.5 Å². The Labute approximate surface area is 150 Å². The first-order chi connectivity index (χ1) is 9.74. The van der Waals surface area contributed by atoms with Gasteiger partial charge in [0.1, 0.15) is 0 Å². The van der Waals surface area contributed by atoms with Gasteiger partial charge in [-0.1, -0.05) is 26.0 Å². The Morgan fingerprint density at radius 1 is 1.18 bits per heavy atom. The van der Waals surface area contributed by atoms with Gasteiger partial charge in [0.2, 0.25) is 0 Å².